The summed E-state index contributed by atoms with van der Waals surface area (Å²) in [5, 5.41) is 12.4. The number of carbonyl (C=O) groups is 2. The summed E-state index contributed by atoms with van der Waals surface area (Å²) >= 11 is 0. The lowest BCUT2D eigenvalue weighted by Crippen LogP contribution is -2.25. The Morgan fingerprint density at radius 1 is 1.40 bits per heavy atom. The standard InChI is InChI=1S/C14H20N2O4/c1-14(2,3)13(19)20-8-11(17)9-5-6-10(16-7-9)12(18)15-4/h5-7,11,17H,8H2,1-4H3,(H,15,18). The van der Waals surface area contributed by atoms with Crippen LogP contribution in [0.3, 0.4) is 0 Å². The number of hydrogen-bond donors (Lipinski definition) is 2. The van der Waals surface area contributed by atoms with Gasteiger partial charge in [0.2, 0.25) is 0 Å². The van der Waals surface area contributed by atoms with E-state index in [-0.39, 0.29) is 24.2 Å². The number of pyridine rings is 1. The van der Waals surface area contributed by atoms with Crippen molar-refractivity contribution in [2.45, 2.75) is 26.9 Å². The van der Waals surface area contributed by atoms with E-state index in [0.29, 0.717) is 5.56 Å². The maximum Gasteiger partial charge on any atom is 0.311 e. The number of hydrogen-bond acceptors (Lipinski definition) is 5. The van der Waals surface area contributed by atoms with Crippen LogP contribution in [-0.2, 0) is 9.53 Å². The summed E-state index contributed by atoms with van der Waals surface area (Å²) in [5.41, 5.74) is 0.135. The number of rotatable bonds is 4. The van der Waals surface area contributed by atoms with Gasteiger partial charge in [-0.05, 0) is 26.8 Å². The Bertz CT molecular complexity index is 477. The van der Waals surface area contributed by atoms with Crippen molar-refractivity contribution in [2.24, 2.45) is 5.41 Å². The van der Waals surface area contributed by atoms with Gasteiger partial charge in [0.25, 0.3) is 5.91 Å². The van der Waals surface area contributed by atoms with Crippen molar-refractivity contribution < 1.29 is 19.4 Å². The minimum absolute atomic E-state index is 0.142. The highest BCUT2D eigenvalue weighted by molar-refractivity contribution is 5.91. The van der Waals surface area contributed by atoms with Gasteiger partial charge in [0.05, 0.1) is 5.41 Å². The molecule has 0 fully saturated rings. The van der Waals surface area contributed by atoms with E-state index in [1.165, 1.54) is 19.3 Å². The van der Waals surface area contributed by atoms with Crippen LogP contribution in [0.5, 0.6) is 0 Å². The Kier molecular flexibility index (Phi) is 5.21. The van der Waals surface area contributed by atoms with Crippen LogP contribution in [0.4, 0.5) is 0 Å². The zero-order chi connectivity index (χ0) is 15.3. The third-order valence-electron chi connectivity index (χ3n) is 2.62. The fraction of sp³-hybridized carbons (Fsp3) is 0.500. The van der Waals surface area contributed by atoms with E-state index in [2.05, 4.69) is 10.3 Å². The third kappa shape index (κ3) is 4.31. The molecule has 1 aromatic rings. The van der Waals surface area contributed by atoms with E-state index < -0.39 is 11.5 Å². The lowest BCUT2D eigenvalue weighted by Gasteiger charge is -2.18. The number of ether oxygens (including phenoxy) is 1. The van der Waals surface area contributed by atoms with Crippen LogP contribution in [0.2, 0.25) is 0 Å². The van der Waals surface area contributed by atoms with Crippen LogP contribution in [0.1, 0.15) is 42.9 Å². The zero-order valence-electron chi connectivity index (χ0n) is 12.1. The minimum atomic E-state index is -0.965. The Morgan fingerprint density at radius 3 is 2.50 bits per heavy atom. The Labute approximate surface area is 118 Å². The molecule has 0 saturated carbocycles. The van der Waals surface area contributed by atoms with Crippen molar-refractivity contribution in [1.82, 2.24) is 10.3 Å². The van der Waals surface area contributed by atoms with Gasteiger partial charge in [0, 0.05) is 18.8 Å². The normalized spacial score (nSPS) is 12.7. The van der Waals surface area contributed by atoms with Crippen LogP contribution in [0.15, 0.2) is 18.3 Å². The molecule has 0 spiro atoms. The van der Waals surface area contributed by atoms with Gasteiger partial charge in [-0.2, -0.15) is 0 Å². The first kappa shape index (κ1) is 16.1. The highest BCUT2D eigenvalue weighted by atomic mass is 16.5. The predicted octanol–water partition coefficient (Wildman–Crippen LogP) is 1.06. The number of carbonyl (C=O) groups excluding carboxylic acids is 2. The molecule has 1 atom stereocenters. The first-order valence-electron chi connectivity index (χ1n) is 6.29. The molecular formula is C14H20N2O4. The number of aromatic nitrogens is 1. The summed E-state index contributed by atoms with van der Waals surface area (Å²) in [5.74, 6) is -0.684. The number of aliphatic hydroxyl groups is 1. The van der Waals surface area contributed by atoms with Gasteiger partial charge in [-0.15, -0.1) is 0 Å². The Balaban J connectivity index is 2.62. The molecule has 0 aromatic carbocycles. The van der Waals surface area contributed by atoms with Gasteiger partial charge >= 0.3 is 5.97 Å². The topological polar surface area (TPSA) is 88.5 Å². The molecule has 6 nitrogen and oxygen atoms in total. The van der Waals surface area contributed by atoms with Crippen LogP contribution < -0.4 is 5.32 Å². The predicted molar refractivity (Wildman–Crippen MR) is 73.0 cm³/mol. The Hall–Kier alpha value is -1.95. The molecule has 20 heavy (non-hydrogen) atoms. The first-order chi connectivity index (χ1) is 9.25. The number of nitrogens with zero attached hydrogens (tertiary/aromatic N) is 1. The third-order valence-corrected chi connectivity index (χ3v) is 2.62. The second-order valence-corrected chi connectivity index (χ2v) is 5.42. The van der Waals surface area contributed by atoms with Gasteiger partial charge in [-0.1, -0.05) is 6.07 Å². The molecule has 0 saturated heterocycles. The second-order valence-electron chi connectivity index (χ2n) is 5.42. The van der Waals surface area contributed by atoms with Crippen molar-refractivity contribution >= 4 is 11.9 Å². The molecule has 1 heterocycles. The average molecular weight is 280 g/mol. The van der Waals surface area contributed by atoms with Crippen molar-refractivity contribution in [3.63, 3.8) is 0 Å². The lowest BCUT2D eigenvalue weighted by atomic mass is 9.97. The molecule has 1 amide bonds. The molecule has 1 unspecified atom stereocenters. The van der Waals surface area contributed by atoms with E-state index in [1.807, 2.05) is 0 Å². The van der Waals surface area contributed by atoms with Crippen molar-refractivity contribution in [3.05, 3.63) is 29.6 Å². The van der Waals surface area contributed by atoms with Crippen molar-refractivity contribution in [1.29, 1.82) is 0 Å². The summed E-state index contributed by atoms with van der Waals surface area (Å²) in [6, 6.07) is 3.08. The van der Waals surface area contributed by atoms with Gasteiger partial charge in [0.1, 0.15) is 18.4 Å². The molecule has 0 aliphatic rings. The monoisotopic (exact) mass is 280 g/mol. The second kappa shape index (κ2) is 6.47. The maximum absolute atomic E-state index is 11.6. The van der Waals surface area contributed by atoms with E-state index in [0.717, 1.165) is 0 Å². The molecule has 0 radical (unpaired) electrons. The van der Waals surface area contributed by atoms with Gasteiger partial charge in [-0.3, -0.25) is 14.6 Å². The van der Waals surface area contributed by atoms with Gasteiger partial charge in [-0.25, -0.2) is 0 Å². The van der Waals surface area contributed by atoms with Crippen LogP contribution in [-0.4, -0.2) is 35.6 Å². The molecular weight excluding hydrogens is 260 g/mol. The molecule has 2 N–H and O–H groups in total. The molecule has 110 valence electrons. The SMILES string of the molecule is CNC(=O)c1ccc(C(O)COC(=O)C(C)(C)C)cn1. The fourth-order valence-electron chi connectivity index (χ4n) is 1.33. The van der Waals surface area contributed by atoms with Gasteiger partial charge < -0.3 is 15.2 Å². The van der Waals surface area contributed by atoms with E-state index in [4.69, 9.17) is 4.74 Å². The summed E-state index contributed by atoms with van der Waals surface area (Å²) in [6.07, 6.45) is 0.424. The van der Waals surface area contributed by atoms with Crippen molar-refractivity contribution in [3.8, 4) is 0 Å². The molecule has 0 aliphatic carbocycles. The zero-order valence-corrected chi connectivity index (χ0v) is 12.1. The largest absolute Gasteiger partial charge is 0.462 e. The minimum Gasteiger partial charge on any atom is -0.462 e. The quantitative estimate of drug-likeness (QED) is 0.805. The summed E-state index contributed by atoms with van der Waals surface area (Å²) < 4.78 is 5.03. The van der Waals surface area contributed by atoms with E-state index in [9.17, 15) is 14.7 Å². The average Bonchev–Trinajstić information content (AvgIpc) is 2.42. The lowest BCUT2D eigenvalue weighted by molar-refractivity contribution is -0.156. The first-order valence-corrected chi connectivity index (χ1v) is 6.29. The molecule has 0 aliphatic heterocycles. The molecule has 0 bridgehead atoms. The van der Waals surface area contributed by atoms with Crippen LogP contribution in [0, 0.1) is 5.41 Å². The maximum atomic E-state index is 11.6. The number of esters is 1. The number of amides is 1. The van der Waals surface area contributed by atoms with E-state index in [1.54, 1.807) is 26.8 Å². The van der Waals surface area contributed by atoms with Crippen LogP contribution in [0.25, 0.3) is 0 Å². The molecule has 1 rings (SSSR count). The fourth-order valence-corrected chi connectivity index (χ4v) is 1.33. The molecule has 1 aromatic heterocycles. The molecule has 6 heteroatoms. The highest BCUT2D eigenvalue weighted by Gasteiger charge is 2.24. The smallest absolute Gasteiger partial charge is 0.311 e. The summed E-state index contributed by atoms with van der Waals surface area (Å²) in [6.45, 7) is 5.07. The van der Waals surface area contributed by atoms with Gasteiger partial charge in [0.15, 0.2) is 0 Å². The Morgan fingerprint density at radius 2 is 2.05 bits per heavy atom. The number of nitrogens with one attached hydrogen (secondary N) is 1. The van der Waals surface area contributed by atoms with Crippen LogP contribution >= 0.6 is 0 Å². The summed E-state index contributed by atoms with van der Waals surface area (Å²) in [4.78, 5) is 26.8. The van der Waals surface area contributed by atoms with E-state index >= 15 is 0 Å². The number of aliphatic hydroxyl groups excluding tert-OH is 1. The van der Waals surface area contributed by atoms with Crippen molar-refractivity contribution in [2.75, 3.05) is 13.7 Å². The summed E-state index contributed by atoms with van der Waals surface area (Å²) in [7, 11) is 1.51. The highest BCUT2D eigenvalue weighted by Crippen LogP contribution is 2.18.